The highest BCUT2D eigenvalue weighted by Gasteiger charge is 2.14. The van der Waals surface area contributed by atoms with Gasteiger partial charge in [0.05, 0.1) is 5.25 Å². The Hall–Kier alpha value is -0.130. The molecule has 1 atom stereocenters. The molecule has 0 bridgehead atoms. The minimum absolute atomic E-state index is 0.0925. The SMILES string of the molecule is CCC(N)CCNS(=O)(=O)C(C)C. The Morgan fingerprint density at radius 3 is 2.31 bits per heavy atom. The van der Waals surface area contributed by atoms with Gasteiger partial charge in [-0.05, 0) is 26.7 Å². The van der Waals surface area contributed by atoms with Crippen molar-refractivity contribution in [1.82, 2.24) is 4.72 Å². The Bertz CT molecular complexity index is 224. The fourth-order valence-corrected chi connectivity index (χ4v) is 1.49. The minimum atomic E-state index is -3.11. The molecule has 3 N–H and O–H groups in total. The predicted molar refractivity (Wildman–Crippen MR) is 54.9 cm³/mol. The Kier molecular flexibility index (Phi) is 5.51. The Morgan fingerprint density at radius 2 is 1.92 bits per heavy atom. The lowest BCUT2D eigenvalue weighted by molar-refractivity contribution is 0.551. The molecule has 0 spiro atoms. The molecule has 5 heteroatoms. The lowest BCUT2D eigenvalue weighted by atomic mass is 10.2. The topological polar surface area (TPSA) is 72.2 Å². The van der Waals surface area contributed by atoms with Crippen molar-refractivity contribution in [2.24, 2.45) is 5.73 Å². The maximum atomic E-state index is 11.2. The normalized spacial score (nSPS) is 14.8. The highest BCUT2D eigenvalue weighted by molar-refractivity contribution is 7.90. The molecule has 0 rings (SSSR count). The van der Waals surface area contributed by atoms with Crippen molar-refractivity contribution in [3.05, 3.63) is 0 Å². The predicted octanol–water partition coefficient (Wildman–Crippen LogP) is 0.442. The summed E-state index contributed by atoms with van der Waals surface area (Å²) in [6, 6.07) is 0.0925. The molecule has 13 heavy (non-hydrogen) atoms. The van der Waals surface area contributed by atoms with Crippen LogP contribution in [0.15, 0.2) is 0 Å². The summed E-state index contributed by atoms with van der Waals surface area (Å²) >= 11 is 0. The molecule has 0 aliphatic rings. The van der Waals surface area contributed by atoms with Crippen molar-refractivity contribution >= 4 is 10.0 Å². The molecule has 0 aromatic rings. The third-order valence-electron chi connectivity index (χ3n) is 1.96. The molecular weight excluding hydrogens is 188 g/mol. The van der Waals surface area contributed by atoms with Crippen LogP contribution in [-0.2, 0) is 10.0 Å². The van der Waals surface area contributed by atoms with Crippen LogP contribution >= 0.6 is 0 Å². The van der Waals surface area contributed by atoms with Gasteiger partial charge < -0.3 is 5.73 Å². The lowest BCUT2D eigenvalue weighted by Gasteiger charge is -2.11. The van der Waals surface area contributed by atoms with Crippen molar-refractivity contribution in [2.75, 3.05) is 6.54 Å². The summed E-state index contributed by atoms with van der Waals surface area (Å²) < 4.78 is 25.0. The summed E-state index contributed by atoms with van der Waals surface area (Å²) in [5.41, 5.74) is 5.64. The zero-order valence-corrected chi connectivity index (χ0v) is 9.39. The van der Waals surface area contributed by atoms with E-state index in [1.54, 1.807) is 13.8 Å². The van der Waals surface area contributed by atoms with Gasteiger partial charge in [0.2, 0.25) is 10.0 Å². The number of hydrogen-bond acceptors (Lipinski definition) is 3. The summed E-state index contributed by atoms with van der Waals surface area (Å²) in [4.78, 5) is 0. The van der Waals surface area contributed by atoms with Gasteiger partial charge in [-0.1, -0.05) is 6.92 Å². The second-order valence-corrected chi connectivity index (χ2v) is 5.77. The van der Waals surface area contributed by atoms with Crippen LogP contribution in [0.1, 0.15) is 33.6 Å². The van der Waals surface area contributed by atoms with Crippen molar-refractivity contribution in [2.45, 2.75) is 44.9 Å². The van der Waals surface area contributed by atoms with Crippen LogP contribution in [0.25, 0.3) is 0 Å². The summed E-state index contributed by atoms with van der Waals surface area (Å²) in [6.07, 6.45) is 1.58. The molecule has 0 aromatic heterocycles. The molecule has 80 valence electrons. The third-order valence-corrected chi connectivity index (χ3v) is 3.81. The number of rotatable bonds is 6. The second kappa shape index (κ2) is 5.57. The number of hydrogen-bond donors (Lipinski definition) is 2. The van der Waals surface area contributed by atoms with Gasteiger partial charge >= 0.3 is 0 Å². The van der Waals surface area contributed by atoms with Crippen molar-refractivity contribution in [3.8, 4) is 0 Å². The largest absolute Gasteiger partial charge is 0.328 e. The third kappa shape index (κ3) is 5.23. The molecule has 0 aliphatic carbocycles. The molecule has 0 amide bonds. The van der Waals surface area contributed by atoms with Crippen molar-refractivity contribution < 1.29 is 8.42 Å². The monoisotopic (exact) mass is 208 g/mol. The van der Waals surface area contributed by atoms with E-state index in [0.717, 1.165) is 6.42 Å². The Morgan fingerprint density at radius 1 is 1.38 bits per heavy atom. The summed E-state index contributed by atoms with van der Waals surface area (Å²) in [5, 5.41) is -0.370. The fourth-order valence-electron chi connectivity index (χ4n) is 0.757. The Balaban J connectivity index is 3.78. The summed E-state index contributed by atoms with van der Waals surface area (Å²) in [5.74, 6) is 0. The molecule has 0 radical (unpaired) electrons. The van der Waals surface area contributed by atoms with E-state index >= 15 is 0 Å². The van der Waals surface area contributed by atoms with Gasteiger partial charge in [-0.2, -0.15) is 0 Å². The van der Waals surface area contributed by atoms with Crippen LogP contribution in [0, 0.1) is 0 Å². The number of sulfonamides is 1. The van der Waals surface area contributed by atoms with Crippen molar-refractivity contribution in [1.29, 1.82) is 0 Å². The first-order chi connectivity index (χ1) is 5.90. The standard InChI is InChI=1S/C8H20N2O2S/c1-4-8(9)5-6-10-13(11,12)7(2)3/h7-8,10H,4-6,9H2,1-3H3. The van der Waals surface area contributed by atoms with Gasteiger partial charge in [0, 0.05) is 12.6 Å². The average molecular weight is 208 g/mol. The number of nitrogens with two attached hydrogens (primary N) is 1. The number of nitrogens with one attached hydrogen (secondary N) is 1. The molecule has 0 saturated carbocycles. The average Bonchev–Trinajstić information content (AvgIpc) is 2.03. The molecular formula is C8H20N2O2S. The van der Waals surface area contributed by atoms with Crippen LogP contribution in [0.3, 0.4) is 0 Å². The van der Waals surface area contributed by atoms with Gasteiger partial charge in [0.25, 0.3) is 0 Å². The van der Waals surface area contributed by atoms with Gasteiger partial charge in [-0.15, -0.1) is 0 Å². The van der Waals surface area contributed by atoms with Crippen LogP contribution in [0.4, 0.5) is 0 Å². The lowest BCUT2D eigenvalue weighted by Crippen LogP contribution is -2.34. The van der Waals surface area contributed by atoms with Crippen molar-refractivity contribution in [3.63, 3.8) is 0 Å². The quantitative estimate of drug-likeness (QED) is 0.665. The van der Waals surface area contributed by atoms with E-state index in [4.69, 9.17) is 5.73 Å². The second-order valence-electron chi connectivity index (χ2n) is 3.45. The van der Waals surface area contributed by atoms with E-state index in [1.807, 2.05) is 6.92 Å². The first-order valence-corrected chi connectivity index (χ1v) is 6.18. The highest BCUT2D eigenvalue weighted by Crippen LogP contribution is 1.97. The van der Waals surface area contributed by atoms with E-state index in [9.17, 15) is 8.42 Å². The van der Waals surface area contributed by atoms with E-state index in [1.165, 1.54) is 0 Å². The van der Waals surface area contributed by atoms with E-state index in [2.05, 4.69) is 4.72 Å². The zero-order valence-electron chi connectivity index (χ0n) is 8.58. The van der Waals surface area contributed by atoms with Crippen LogP contribution in [0.2, 0.25) is 0 Å². The molecule has 0 aliphatic heterocycles. The molecule has 1 unspecified atom stereocenters. The first kappa shape index (κ1) is 12.9. The zero-order chi connectivity index (χ0) is 10.5. The van der Waals surface area contributed by atoms with Gasteiger partial charge in [0.1, 0.15) is 0 Å². The highest BCUT2D eigenvalue weighted by atomic mass is 32.2. The van der Waals surface area contributed by atoms with E-state index in [0.29, 0.717) is 13.0 Å². The molecule has 4 nitrogen and oxygen atoms in total. The van der Waals surface area contributed by atoms with E-state index < -0.39 is 10.0 Å². The van der Waals surface area contributed by atoms with Crippen LogP contribution < -0.4 is 10.5 Å². The Labute approximate surface area is 80.9 Å². The van der Waals surface area contributed by atoms with Crippen LogP contribution in [0.5, 0.6) is 0 Å². The van der Waals surface area contributed by atoms with Crippen LogP contribution in [-0.4, -0.2) is 26.3 Å². The van der Waals surface area contributed by atoms with Gasteiger partial charge in [-0.3, -0.25) is 0 Å². The maximum absolute atomic E-state index is 11.2. The first-order valence-electron chi connectivity index (χ1n) is 4.64. The molecule has 0 saturated heterocycles. The summed E-state index contributed by atoms with van der Waals surface area (Å²) in [6.45, 7) is 5.74. The smallest absolute Gasteiger partial charge is 0.213 e. The fraction of sp³-hybridized carbons (Fsp3) is 1.00. The molecule has 0 aromatic carbocycles. The maximum Gasteiger partial charge on any atom is 0.213 e. The molecule has 0 heterocycles. The molecule has 0 fully saturated rings. The summed E-state index contributed by atoms with van der Waals surface area (Å²) in [7, 11) is -3.11. The minimum Gasteiger partial charge on any atom is -0.328 e. The van der Waals surface area contributed by atoms with E-state index in [-0.39, 0.29) is 11.3 Å². The van der Waals surface area contributed by atoms with Gasteiger partial charge in [-0.25, -0.2) is 13.1 Å². The van der Waals surface area contributed by atoms with Gasteiger partial charge in [0.15, 0.2) is 0 Å².